The number of nitrogen functional groups attached to an aromatic ring is 1. The van der Waals surface area contributed by atoms with Gasteiger partial charge in [-0.25, -0.2) is 0 Å². The van der Waals surface area contributed by atoms with Gasteiger partial charge in [-0.3, -0.25) is 4.79 Å². The van der Waals surface area contributed by atoms with Crippen LogP contribution in [0.1, 0.15) is 15.9 Å². The summed E-state index contributed by atoms with van der Waals surface area (Å²) in [5.74, 6) is 0. The van der Waals surface area contributed by atoms with E-state index < -0.39 is 17.3 Å². The van der Waals surface area contributed by atoms with Gasteiger partial charge in [-0.1, -0.05) is 0 Å². The minimum atomic E-state index is -4.54. The fourth-order valence-corrected chi connectivity index (χ4v) is 0.922. The summed E-state index contributed by atoms with van der Waals surface area (Å²) in [5, 5.41) is 0. The molecule has 1 aromatic carbocycles. The summed E-state index contributed by atoms with van der Waals surface area (Å²) in [6.07, 6.45) is -4.38. The van der Waals surface area contributed by atoms with Crippen molar-refractivity contribution in [3.63, 3.8) is 0 Å². The molecule has 0 bridgehead atoms. The zero-order valence-corrected chi connectivity index (χ0v) is 6.43. The molecule has 0 aliphatic heterocycles. The number of nitrogens with two attached hydrogens (primary N) is 1. The first-order valence-corrected chi connectivity index (χ1v) is 3.37. The molecule has 13 heavy (non-hydrogen) atoms. The van der Waals surface area contributed by atoms with Crippen LogP contribution in [0, 0.1) is 0 Å². The summed E-state index contributed by atoms with van der Waals surface area (Å²) in [6.45, 7) is 0. The predicted molar refractivity (Wildman–Crippen MR) is 41.2 cm³/mol. The third kappa shape index (κ3) is 1.99. The molecule has 2 N–H and O–H groups in total. The molecule has 70 valence electrons. The van der Waals surface area contributed by atoms with Gasteiger partial charge in [0.1, 0.15) is 0 Å². The van der Waals surface area contributed by atoms with Crippen LogP contribution in [-0.4, -0.2) is 6.29 Å². The summed E-state index contributed by atoms with van der Waals surface area (Å²) in [4.78, 5) is 10.2. The molecule has 0 aromatic heterocycles. The van der Waals surface area contributed by atoms with E-state index in [1.165, 1.54) is 6.07 Å². The van der Waals surface area contributed by atoms with Crippen LogP contribution in [-0.2, 0) is 6.18 Å². The quantitative estimate of drug-likeness (QED) is 0.543. The molecule has 2 nitrogen and oxygen atoms in total. The molecule has 0 saturated heterocycles. The van der Waals surface area contributed by atoms with Crippen molar-refractivity contribution >= 4 is 12.0 Å². The van der Waals surface area contributed by atoms with Crippen molar-refractivity contribution < 1.29 is 18.0 Å². The average Bonchev–Trinajstić information content (AvgIpc) is 2.03. The lowest BCUT2D eigenvalue weighted by molar-refractivity contribution is -0.137. The Morgan fingerprint density at radius 3 is 2.38 bits per heavy atom. The van der Waals surface area contributed by atoms with Gasteiger partial charge in [0.25, 0.3) is 0 Å². The number of hydrogen-bond donors (Lipinski definition) is 1. The standard InChI is InChI=1S/C8H6F3NO/c9-8(10,11)7-3-6(12)2-1-5(7)4-13/h1-4H,12H2. The van der Waals surface area contributed by atoms with Crippen molar-refractivity contribution in [2.75, 3.05) is 5.73 Å². The van der Waals surface area contributed by atoms with E-state index in [1.807, 2.05) is 0 Å². The number of alkyl halides is 3. The number of aldehydes is 1. The molecule has 0 heterocycles. The zero-order valence-electron chi connectivity index (χ0n) is 6.43. The van der Waals surface area contributed by atoms with Crippen molar-refractivity contribution in [3.8, 4) is 0 Å². The first-order chi connectivity index (χ1) is 5.95. The van der Waals surface area contributed by atoms with Crippen LogP contribution in [0.2, 0.25) is 0 Å². The third-order valence-corrected chi connectivity index (χ3v) is 1.51. The summed E-state index contributed by atoms with van der Waals surface area (Å²) < 4.78 is 36.6. The van der Waals surface area contributed by atoms with Gasteiger partial charge in [-0.15, -0.1) is 0 Å². The van der Waals surface area contributed by atoms with E-state index in [1.54, 1.807) is 0 Å². The monoisotopic (exact) mass is 189 g/mol. The Morgan fingerprint density at radius 2 is 1.92 bits per heavy atom. The van der Waals surface area contributed by atoms with Gasteiger partial charge >= 0.3 is 6.18 Å². The number of carbonyl (C=O) groups is 1. The number of halogens is 3. The Balaban J connectivity index is 3.32. The number of anilines is 1. The fourth-order valence-electron chi connectivity index (χ4n) is 0.922. The highest BCUT2D eigenvalue weighted by atomic mass is 19.4. The smallest absolute Gasteiger partial charge is 0.399 e. The number of hydrogen-bond acceptors (Lipinski definition) is 2. The maximum Gasteiger partial charge on any atom is 0.417 e. The second-order valence-electron chi connectivity index (χ2n) is 2.46. The Kier molecular flexibility index (Phi) is 2.27. The molecule has 0 unspecified atom stereocenters. The summed E-state index contributed by atoms with van der Waals surface area (Å²) in [5.41, 5.74) is 3.75. The summed E-state index contributed by atoms with van der Waals surface area (Å²) >= 11 is 0. The van der Waals surface area contributed by atoms with Crippen LogP contribution in [0.25, 0.3) is 0 Å². The van der Waals surface area contributed by atoms with Crippen LogP contribution in [0.3, 0.4) is 0 Å². The van der Waals surface area contributed by atoms with E-state index >= 15 is 0 Å². The lowest BCUT2D eigenvalue weighted by Crippen LogP contribution is -2.09. The van der Waals surface area contributed by atoms with Gasteiger partial charge in [0.05, 0.1) is 5.56 Å². The van der Waals surface area contributed by atoms with E-state index in [0.717, 1.165) is 12.1 Å². The highest BCUT2D eigenvalue weighted by Crippen LogP contribution is 2.32. The van der Waals surface area contributed by atoms with Crippen LogP contribution in [0.15, 0.2) is 18.2 Å². The summed E-state index contributed by atoms with van der Waals surface area (Å²) in [6, 6.07) is 3.04. The maximum absolute atomic E-state index is 12.2. The summed E-state index contributed by atoms with van der Waals surface area (Å²) in [7, 11) is 0. The molecular formula is C8H6F3NO. The van der Waals surface area contributed by atoms with Crippen molar-refractivity contribution in [2.24, 2.45) is 0 Å². The van der Waals surface area contributed by atoms with E-state index in [9.17, 15) is 18.0 Å². The number of carbonyl (C=O) groups excluding carboxylic acids is 1. The molecule has 0 aliphatic rings. The second-order valence-corrected chi connectivity index (χ2v) is 2.46. The number of benzene rings is 1. The zero-order chi connectivity index (χ0) is 10.1. The van der Waals surface area contributed by atoms with Gasteiger partial charge in [0.15, 0.2) is 6.29 Å². The van der Waals surface area contributed by atoms with E-state index in [2.05, 4.69) is 0 Å². The van der Waals surface area contributed by atoms with Crippen molar-refractivity contribution in [3.05, 3.63) is 29.3 Å². The molecule has 0 fully saturated rings. The predicted octanol–water partition coefficient (Wildman–Crippen LogP) is 2.10. The van der Waals surface area contributed by atoms with Crippen LogP contribution in [0.4, 0.5) is 18.9 Å². The third-order valence-electron chi connectivity index (χ3n) is 1.51. The molecular weight excluding hydrogens is 183 g/mol. The van der Waals surface area contributed by atoms with Crippen LogP contribution >= 0.6 is 0 Å². The van der Waals surface area contributed by atoms with Gasteiger partial charge in [-0.2, -0.15) is 13.2 Å². The molecule has 0 amide bonds. The Morgan fingerprint density at radius 1 is 1.31 bits per heavy atom. The molecule has 1 aromatic rings. The largest absolute Gasteiger partial charge is 0.417 e. The average molecular weight is 189 g/mol. The van der Waals surface area contributed by atoms with Gasteiger partial charge in [0.2, 0.25) is 0 Å². The molecule has 0 aliphatic carbocycles. The molecule has 0 radical (unpaired) electrons. The highest BCUT2D eigenvalue weighted by molar-refractivity contribution is 5.78. The van der Waals surface area contributed by atoms with Crippen molar-refractivity contribution in [2.45, 2.75) is 6.18 Å². The lowest BCUT2D eigenvalue weighted by Gasteiger charge is -2.09. The van der Waals surface area contributed by atoms with E-state index in [-0.39, 0.29) is 12.0 Å². The Hall–Kier alpha value is -1.52. The topological polar surface area (TPSA) is 43.1 Å². The van der Waals surface area contributed by atoms with Gasteiger partial charge in [0, 0.05) is 11.3 Å². The van der Waals surface area contributed by atoms with Crippen LogP contribution in [0.5, 0.6) is 0 Å². The minimum Gasteiger partial charge on any atom is -0.399 e. The molecule has 0 spiro atoms. The Bertz CT molecular complexity index is 333. The first kappa shape index (κ1) is 9.57. The maximum atomic E-state index is 12.2. The molecule has 1 rings (SSSR count). The normalized spacial score (nSPS) is 11.3. The van der Waals surface area contributed by atoms with E-state index in [0.29, 0.717) is 0 Å². The molecule has 5 heteroatoms. The fraction of sp³-hybridized carbons (Fsp3) is 0.125. The van der Waals surface area contributed by atoms with Crippen molar-refractivity contribution in [1.82, 2.24) is 0 Å². The lowest BCUT2D eigenvalue weighted by atomic mass is 10.1. The van der Waals surface area contributed by atoms with Gasteiger partial charge in [-0.05, 0) is 18.2 Å². The Labute approximate surface area is 72.2 Å². The molecule has 0 saturated carbocycles. The van der Waals surface area contributed by atoms with Crippen molar-refractivity contribution in [1.29, 1.82) is 0 Å². The second kappa shape index (κ2) is 3.08. The van der Waals surface area contributed by atoms with Gasteiger partial charge < -0.3 is 5.73 Å². The number of rotatable bonds is 1. The van der Waals surface area contributed by atoms with Crippen LogP contribution < -0.4 is 5.73 Å². The first-order valence-electron chi connectivity index (χ1n) is 3.37. The molecule has 0 atom stereocenters. The van der Waals surface area contributed by atoms with E-state index in [4.69, 9.17) is 5.73 Å². The SMILES string of the molecule is Nc1ccc(C=O)c(C(F)(F)F)c1. The minimum absolute atomic E-state index is 0.0158. The highest BCUT2D eigenvalue weighted by Gasteiger charge is 2.33.